The lowest BCUT2D eigenvalue weighted by atomic mass is 10.0. The molecule has 2 saturated heterocycles. The fourth-order valence-corrected chi connectivity index (χ4v) is 7.15. The van der Waals surface area contributed by atoms with Crippen molar-refractivity contribution in [3.05, 3.63) is 52.7 Å². The molecule has 232 valence electrons. The van der Waals surface area contributed by atoms with Gasteiger partial charge in [0.25, 0.3) is 0 Å². The summed E-state index contributed by atoms with van der Waals surface area (Å²) in [4.78, 5) is 31.7. The number of aromatic nitrogens is 2. The van der Waals surface area contributed by atoms with Gasteiger partial charge in [-0.25, -0.2) is 0 Å². The van der Waals surface area contributed by atoms with Crippen molar-refractivity contribution in [1.29, 1.82) is 5.26 Å². The molecule has 0 radical (unpaired) electrons. The highest BCUT2D eigenvalue weighted by Crippen LogP contribution is 2.37. The van der Waals surface area contributed by atoms with E-state index in [1.807, 2.05) is 24.0 Å². The van der Waals surface area contributed by atoms with E-state index in [0.29, 0.717) is 44.8 Å². The summed E-state index contributed by atoms with van der Waals surface area (Å²) < 4.78 is 6.30. The number of benzene rings is 2. The Morgan fingerprint density at radius 3 is 2.70 bits per heavy atom. The van der Waals surface area contributed by atoms with Gasteiger partial charge in [-0.05, 0) is 57.3 Å². The van der Waals surface area contributed by atoms with Gasteiger partial charge in [-0.3, -0.25) is 4.79 Å². The number of hydrogen-bond donors (Lipinski definition) is 1. The number of anilines is 2. The van der Waals surface area contributed by atoms with Crippen LogP contribution in [-0.4, -0.2) is 90.2 Å². The molecule has 3 aromatic rings. The molecule has 10 nitrogen and oxygen atoms in total. The number of ether oxygens (including phenoxy) is 1. The topological polar surface area (TPSA) is 115 Å². The molecule has 4 heterocycles. The normalized spacial score (nSPS) is 21.3. The highest BCUT2D eigenvalue weighted by molar-refractivity contribution is 6.36. The molecular formula is C33H41ClN8O2. The minimum Gasteiger partial charge on any atom is -0.462 e. The number of fused-ring (bicyclic) bond motifs is 2. The molecule has 44 heavy (non-hydrogen) atoms. The van der Waals surface area contributed by atoms with Crippen LogP contribution in [0.15, 0.2) is 36.4 Å². The number of nitriles is 1. The maximum Gasteiger partial charge on any atom is 0.318 e. The Labute approximate surface area is 264 Å². The molecule has 2 N–H and O–H groups in total. The molecule has 0 unspecified atom stereocenters. The average Bonchev–Trinajstić information content (AvgIpc) is 3.43. The van der Waals surface area contributed by atoms with Crippen LogP contribution < -0.4 is 20.3 Å². The molecule has 0 aliphatic carbocycles. The summed E-state index contributed by atoms with van der Waals surface area (Å²) in [6.07, 6.45) is 3.53. The summed E-state index contributed by atoms with van der Waals surface area (Å²) in [5.41, 5.74) is 9.06. The first kappa shape index (κ1) is 30.4. The van der Waals surface area contributed by atoms with Crippen molar-refractivity contribution < 1.29 is 9.53 Å². The number of amides is 1. The fourth-order valence-electron chi connectivity index (χ4n) is 6.87. The fraction of sp³-hybridized carbons (Fsp3) is 0.515. The Hall–Kier alpha value is -3.65. The van der Waals surface area contributed by atoms with E-state index in [2.05, 4.69) is 52.1 Å². The Bertz CT molecular complexity index is 1550. The van der Waals surface area contributed by atoms with E-state index in [1.165, 1.54) is 0 Å². The van der Waals surface area contributed by atoms with Gasteiger partial charge in [0.1, 0.15) is 12.4 Å². The van der Waals surface area contributed by atoms with Crippen LogP contribution in [0, 0.1) is 11.3 Å². The summed E-state index contributed by atoms with van der Waals surface area (Å²) >= 11 is 6.71. The predicted octanol–water partition coefficient (Wildman–Crippen LogP) is 3.99. The Morgan fingerprint density at radius 1 is 1.14 bits per heavy atom. The largest absolute Gasteiger partial charge is 0.462 e. The van der Waals surface area contributed by atoms with Gasteiger partial charge >= 0.3 is 6.01 Å². The summed E-state index contributed by atoms with van der Waals surface area (Å²) in [7, 11) is 2.13. The maximum absolute atomic E-state index is 13.0. The molecule has 2 aromatic carbocycles. The third-order valence-electron chi connectivity index (χ3n) is 9.20. The van der Waals surface area contributed by atoms with Crippen LogP contribution in [0.2, 0.25) is 5.02 Å². The molecule has 3 aliphatic heterocycles. The number of carbonyl (C=O) groups is 1. The number of hydrogen-bond acceptors (Lipinski definition) is 9. The third-order valence-corrected chi connectivity index (χ3v) is 9.51. The first-order valence-electron chi connectivity index (χ1n) is 15.6. The van der Waals surface area contributed by atoms with Gasteiger partial charge in [0.15, 0.2) is 0 Å². The van der Waals surface area contributed by atoms with Gasteiger partial charge in [0.05, 0.1) is 35.8 Å². The van der Waals surface area contributed by atoms with E-state index in [1.54, 1.807) is 0 Å². The molecule has 6 rings (SSSR count). The molecule has 0 spiro atoms. The van der Waals surface area contributed by atoms with Crippen molar-refractivity contribution in [2.24, 2.45) is 5.73 Å². The quantitative estimate of drug-likeness (QED) is 0.401. The van der Waals surface area contributed by atoms with Crippen molar-refractivity contribution in [2.45, 2.75) is 63.7 Å². The van der Waals surface area contributed by atoms with Crippen LogP contribution in [0.25, 0.3) is 10.8 Å². The third kappa shape index (κ3) is 6.27. The van der Waals surface area contributed by atoms with Crippen LogP contribution >= 0.6 is 11.6 Å². The maximum atomic E-state index is 13.0. The van der Waals surface area contributed by atoms with E-state index < -0.39 is 0 Å². The zero-order chi connectivity index (χ0) is 30.8. The molecule has 0 saturated carbocycles. The van der Waals surface area contributed by atoms with E-state index >= 15 is 0 Å². The molecule has 2 fully saturated rings. The smallest absolute Gasteiger partial charge is 0.318 e. The van der Waals surface area contributed by atoms with Crippen molar-refractivity contribution in [1.82, 2.24) is 19.8 Å². The number of nitrogens with two attached hydrogens (primary N) is 1. The number of carbonyl (C=O) groups excluding carboxylic acids is 1. The van der Waals surface area contributed by atoms with Crippen LogP contribution in [0.5, 0.6) is 6.01 Å². The first-order chi connectivity index (χ1) is 21.3. The number of likely N-dealkylation sites (tertiary alicyclic amines) is 1. The summed E-state index contributed by atoms with van der Waals surface area (Å²) in [6.45, 7) is 6.48. The molecule has 11 heteroatoms. The van der Waals surface area contributed by atoms with Crippen LogP contribution in [0.1, 0.15) is 43.9 Å². The minimum absolute atomic E-state index is 0.00119. The lowest BCUT2D eigenvalue weighted by molar-refractivity contribution is -0.134. The summed E-state index contributed by atoms with van der Waals surface area (Å²) in [6, 6.07) is 14.8. The van der Waals surface area contributed by atoms with E-state index in [9.17, 15) is 10.1 Å². The number of rotatable bonds is 8. The van der Waals surface area contributed by atoms with Crippen molar-refractivity contribution in [3.8, 4) is 12.1 Å². The second-order valence-electron chi connectivity index (χ2n) is 12.4. The van der Waals surface area contributed by atoms with Gasteiger partial charge in [0, 0.05) is 61.3 Å². The van der Waals surface area contributed by atoms with Crippen molar-refractivity contribution >= 4 is 39.8 Å². The summed E-state index contributed by atoms with van der Waals surface area (Å²) in [5, 5.41) is 12.5. The number of likely N-dealkylation sites (N-methyl/N-ethyl adjacent to an activating group) is 1. The van der Waals surface area contributed by atoms with E-state index in [0.717, 1.165) is 70.9 Å². The van der Waals surface area contributed by atoms with E-state index in [4.69, 9.17) is 32.0 Å². The molecular weight excluding hydrogens is 576 g/mol. The number of nitrogens with zero attached hydrogens (tertiary/aromatic N) is 7. The zero-order valence-corrected chi connectivity index (χ0v) is 26.3. The molecule has 1 amide bonds. The van der Waals surface area contributed by atoms with Gasteiger partial charge in [0.2, 0.25) is 5.91 Å². The van der Waals surface area contributed by atoms with E-state index in [-0.39, 0.29) is 30.8 Å². The van der Waals surface area contributed by atoms with Crippen molar-refractivity contribution in [2.75, 3.05) is 56.2 Å². The van der Waals surface area contributed by atoms with Gasteiger partial charge < -0.3 is 30.1 Å². The lowest BCUT2D eigenvalue weighted by Gasteiger charge is -2.42. The Kier molecular flexibility index (Phi) is 9.08. The van der Waals surface area contributed by atoms with Gasteiger partial charge in [-0.2, -0.15) is 15.2 Å². The number of halogens is 1. The number of piperazine rings is 1. The lowest BCUT2D eigenvalue weighted by Crippen LogP contribution is -2.56. The van der Waals surface area contributed by atoms with Crippen LogP contribution in [-0.2, 0) is 17.8 Å². The molecule has 0 bridgehead atoms. The predicted molar refractivity (Wildman–Crippen MR) is 173 cm³/mol. The standard InChI is InChI=1S/C33H41ClN8O2/c1-22(36)18-30(43)42-17-16-41(19-24(42)11-13-35)32-26-12-15-40(29-10-4-7-23-6-3-9-27(34)31(23)29)20-28(26)37-33(38-32)44-21-25-8-5-14-39(25)2/h3-4,6-7,9-10,22,24-25H,5,8,11-12,14-21,36H2,1-2H3/t22-,24+,25+/m1/s1. The summed E-state index contributed by atoms with van der Waals surface area (Å²) in [5.74, 6) is 0.848. The van der Waals surface area contributed by atoms with Crippen LogP contribution in [0.3, 0.4) is 0 Å². The zero-order valence-electron chi connectivity index (χ0n) is 25.6. The highest BCUT2D eigenvalue weighted by Gasteiger charge is 2.34. The monoisotopic (exact) mass is 616 g/mol. The second-order valence-corrected chi connectivity index (χ2v) is 12.8. The SMILES string of the molecule is C[C@@H](N)CC(=O)N1CCN(c2nc(OC[C@@H]3CCCN3C)nc3c2CCN(c2cccc4cccc(Cl)c24)C3)C[C@@H]1CC#N. The Morgan fingerprint density at radius 2 is 1.95 bits per heavy atom. The second kappa shape index (κ2) is 13.1. The molecule has 3 atom stereocenters. The average molecular weight is 617 g/mol. The highest BCUT2D eigenvalue weighted by atomic mass is 35.5. The van der Waals surface area contributed by atoms with Crippen LogP contribution in [0.4, 0.5) is 11.5 Å². The molecule has 3 aliphatic rings. The first-order valence-corrected chi connectivity index (χ1v) is 16.0. The Balaban J connectivity index is 1.32. The van der Waals surface area contributed by atoms with Gasteiger partial charge in [-0.1, -0.05) is 35.9 Å². The molecule has 1 aromatic heterocycles. The van der Waals surface area contributed by atoms with Crippen molar-refractivity contribution in [3.63, 3.8) is 0 Å². The van der Waals surface area contributed by atoms with Gasteiger partial charge in [-0.15, -0.1) is 0 Å². The minimum atomic E-state index is -0.236.